The van der Waals surface area contributed by atoms with E-state index in [0.717, 1.165) is 36.1 Å². The average molecular weight is 505 g/mol. The second kappa shape index (κ2) is 11.5. The summed E-state index contributed by atoms with van der Waals surface area (Å²) in [6.45, 7) is 1.58. The number of hydrogen-bond acceptors (Lipinski definition) is 6. The lowest BCUT2D eigenvalue weighted by Gasteiger charge is -2.27. The molecule has 2 aliphatic rings. The van der Waals surface area contributed by atoms with Crippen LogP contribution < -0.4 is 10.6 Å². The highest BCUT2D eigenvalue weighted by Gasteiger charge is 2.50. The van der Waals surface area contributed by atoms with E-state index in [9.17, 15) is 24.0 Å². The Labute approximate surface area is 216 Å². The first kappa shape index (κ1) is 26.2. The fourth-order valence-electron chi connectivity index (χ4n) is 5.34. The number of nitrogens with one attached hydrogen (secondary N) is 2. The number of nitrogens with zero attached hydrogens (tertiary/aromatic N) is 2. The molecule has 4 amide bonds. The van der Waals surface area contributed by atoms with Crippen molar-refractivity contribution < 1.29 is 24.0 Å². The number of carbonyl (C=O) groups excluding carboxylic acids is 5. The van der Waals surface area contributed by atoms with Crippen LogP contribution in [0.3, 0.4) is 0 Å². The lowest BCUT2D eigenvalue weighted by molar-refractivity contribution is -0.141. The van der Waals surface area contributed by atoms with Crippen molar-refractivity contribution >= 4 is 29.4 Å². The van der Waals surface area contributed by atoms with Crippen molar-refractivity contribution in [2.45, 2.75) is 51.1 Å². The van der Waals surface area contributed by atoms with E-state index in [1.54, 1.807) is 25.1 Å². The topological polar surface area (TPSA) is 126 Å². The second-order valence-corrected chi connectivity index (χ2v) is 9.85. The second-order valence-electron chi connectivity index (χ2n) is 9.85. The molecule has 1 aromatic carbocycles. The summed E-state index contributed by atoms with van der Waals surface area (Å²) in [7, 11) is 1.38. The first-order valence-electron chi connectivity index (χ1n) is 12.7. The SMILES string of the molecule is C[C@@H]1C(=O)N(C)C(=O)[C@H]1C(=O)C(NC(=O)C[C@H](NC(=O)c1ccccn1)c1ccccc1)C1CCCC1. The predicted molar refractivity (Wildman–Crippen MR) is 135 cm³/mol. The van der Waals surface area contributed by atoms with Gasteiger partial charge in [-0.3, -0.25) is 33.9 Å². The Hall–Kier alpha value is -3.88. The van der Waals surface area contributed by atoms with Crippen molar-refractivity contribution in [2.75, 3.05) is 7.05 Å². The summed E-state index contributed by atoms with van der Waals surface area (Å²) >= 11 is 0. The molecule has 0 radical (unpaired) electrons. The lowest BCUT2D eigenvalue weighted by Crippen LogP contribution is -2.50. The quantitative estimate of drug-likeness (QED) is 0.399. The third-order valence-electron chi connectivity index (χ3n) is 7.41. The number of amides is 4. The van der Waals surface area contributed by atoms with E-state index in [1.165, 1.54) is 13.2 Å². The Morgan fingerprint density at radius 2 is 1.65 bits per heavy atom. The van der Waals surface area contributed by atoms with Crippen molar-refractivity contribution in [3.63, 3.8) is 0 Å². The zero-order valence-electron chi connectivity index (χ0n) is 21.1. The Bertz CT molecular complexity index is 1160. The summed E-state index contributed by atoms with van der Waals surface area (Å²) in [4.78, 5) is 69.9. The van der Waals surface area contributed by atoms with Crippen molar-refractivity contribution in [1.82, 2.24) is 20.5 Å². The van der Waals surface area contributed by atoms with E-state index in [4.69, 9.17) is 0 Å². The van der Waals surface area contributed by atoms with Gasteiger partial charge in [0.1, 0.15) is 11.6 Å². The fourth-order valence-corrected chi connectivity index (χ4v) is 5.34. The highest BCUT2D eigenvalue weighted by Crippen LogP contribution is 2.33. The van der Waals surface area contributed by atoms with Crippen LogP contribution in [-0.2, 0) is 19.2 Å². The Morgan fingerprint density at radius 3 is 2.24 bits per heavy atom. The molecule has 1 aliphatic heterocycles. The molecular formula is C28H32N4O5. The van der Waals surface area contributed by atoms with Gasteiger partial charge in [0.2, 0.25) is 17.7 Å². The van der Waals surface area contributed by atoms with Crippen LogP contribution in [0.2, 0.25) is 0 Å². The molecule has 0 spiro atoms. The number of carbonyl (C=O) groups is 5. The van der Waals surface area contributed by atoms with E-state index in [-0.39, 0.29) is 23.9 Å². The molecular weight excluding hydrogens is 472 g/mol. The summed E-state index contributed by atoms with van der Waals surface area (Å²) in [6.07, 6.45) is 4.80. The van der Waals surface area contributed by atoms with Crippen LogP contribution in [0.4, 0.5) is 0 Å². The standard InChI is InChI=1S/C28H32N4O5/c1-17-23(28(37)32(2)27(17)36)25(34)24(19-12-6-7-13-19)31-22(33)16-21(18-10-4-3-5-11-18)30-26(35)20-14-8-9-15-29-20/h3-5,8-11,14-15,17,19,21,23-24H,6-7,12-13,16H2,1-2H3,(H,30,35)(H,31,33)/t17-,21-,23+,24?/m0/s1. The number of aromatic nitrogens is 1. The molecule has 37 heavy (non-hydrogen) atoms. The number of imide groups is 1. The normalized spacial score (nSPS) is 21.5. The van der Waals surface area contributed by atoms with Gasteiger partial charge in [-0.1, -0.05) is 56.2 Å². The van der Waals surface area contributed by atoms with E-state index in [2.05, 4.69) is 15.6 Å². The maximum Gasteiger partial charge on any atom is 0.270 e. The molecule has 1 saturated heterocycles. The van der Waals surface area contributed by atoms with Crippen LogP contribution in [-0.4, -0.2) is 52.4 Å². The first-order chi connectivity index (χ1) is 17.8. The highest BCUT2D eigenvalue weighted by molar-refractivity contribution is 6.16. The van der Waals surface area contributed by atoms with E-state index in [0.29, 0.717) is 0 Å². The number of benzene rings is 1. The van der Waals surface area contributed by atoms with E-state index in [1.807, 2.05) is 30.3 Å². The van der Waals surface area contributed by atoms with E-state index < -0.39 is 47.4 Å². The summed E-state index contributed by atoms with van der Waals surface area (Å²) in [5.74, 6) is -4.13. The van der Waals surface area contributed by atoms with Crippen LogP contribution in [0, 0.1) is 17.8 Å². The average Bonchev–Trinajstić information content (AvgIpc) is 3.51. The minimum absolute atomic E-state index is 0.101. The fraction of sp³-hybridized carbons (Fsp3) is 0.429. The molecule has 194 valence electrons. The molecule has 2 aromatic rings. The monoisotopic (exact) mass is 504 g/mol. The first-order valence-corrected chi connectivity index (χ1v) is 12.7. The largest absolute Gasteiger partial charge is 0.346 e. The smallest absolute Gasteiger partial charge is 0.270 e. The van der Waals surface area contributed by atoms with Gasteiger partial charge in [-0.2, -0.15) is 0 Å². The van der Waals surface area contributed by atoms with Gasteiger partial charge in [0.15, 0.2) is 5.78 Å². The third kappa shape index (κ3) is 5.76. The van der Waals surface area contributed by atoms with Crippen LogP contribution in [0.5, 0.6) is 0 Å². The molecule has 9 heteroatoms. The van der Waals surface area contributed by atoms with Gasteiger partial charge in [-0.15, -0.1) is 0 Å². The zero-order chi connectivity index (χ0) is 26.5. The molecule has 9 nitrogen and oxygen atoms in total. The lowest BCUT2D eigenvalue weighted by atomic mass is 9.83. The maximum atomic E-state index is 13.6. The van der Waals surface area contributed by atoms with Gasteiger partial charge in [0.25, 0.3) is 5.91 Å². The molecule has 2 heterocycles. The van der Waals surface area contributed by atoms with Crippen LogP contribution in [0.1, 0.15) is 61.1 Å². The minimum atomic E-state index is -1.10. The maximum absolute atomic E-state index is 13.6. The van der Waals surface area contributed by atoms with Crippen molar-refractivity contribution in [2.24, 2.45) is 17.8 Å². The predicted octanol–water partition coefficient (Wildman–Crippen LogP) is 2.44. The number of likely N-dealkylation sites (tertiary alicyclic amines) is 1. The summed E-state index contributed by atoms with van der Waals surface area (Å²) in [5.41, 5.74) is 0.961. The van der Waals surface area contributed by atoms with Gasteiger partial charge >= 0.3 is 0 Å². The van der Waals surface area contributed by atoms with Gasteiger partial charge in [0.05, 0.1) is 24.4 Å². The summed E-state index contributed by atoms with van der Waals surface area (Å²) < 4.78 is 0. The van der Waals surface area contributed by atoms with Crippen LogP contribution in [0.15, 0.2) is 54.7 Å². The highest BCUT2D eigenvalue weighted by atomic mass is 16.2. The number of hydrogen-bond donors (Lipinski definition) is 2. The van der Waals surface area contributed by atoms with Gasteiger partial charge < -0.3 is 10.6 Å². The van der Waals surface area contributed by atoms with Crippen molar-refractivity contribution in [3.05, 3.63) is 66.0 Å². The van der Waals surface area contributed by atoms with Gasteiger partial charge in [-0.05, 0) is 36.5 Å². The molecule has 4 rings (SSSR count). The molecule has 1 aromatic heterocycles. The Morgan fingerprint density at radius 1 is 0.973 bits per heavy atom. The van der Waals surface area contributed by atoms with Crippen molar-refractivity contribution in [3.8, 4) is 0 Å². The molecule has 1 aliphatic carbocycles. The minimum Gasteiger partial charge on any atom is -0.346 e. The number of ketones is 1. The zero-order valence-corrected chi connectivity index (χ0v) is 21.1. The Kier molecular flexibility index (Phi) is 8.11. The van der Waals surface area contributed by atoms with Gasteiger partial charge in [-0.25, -0.2) is 0 Å². The molecule has 2 fully saturated rings. The molecule has 4 atom stereocenters. The molecule has 1 saturated carbocycles. The van der Waals surface area contributed by atoms with Gasteiger partial charge in [0, 0.05) is 13.2 Å². The third-order valence-corrected chi connectivity index (χ3v) is 7.41. The Balaban J connectivity index is 1.53. The van der Waals surface area contributed by atoms with E-state index >= 15 is 0 Å². The summed E-state index contributed by atoms with van der Waals surface area (Å²) in [6, 6.07) is 12.6. The molecule has 1 unspecified atom stereocenters. The molecule has 2 N–H and O–H groups in total. The molecule has 0 bridgehead atoms. The summed E-state index contributed by atoms with van der Waals surface area (Å²) in [5, 5.41) is 5.76. The van der Waals surface area contributed by atoms with Crippen LogP contribution >= 0.6 is 0 Å². The van der Waals surface area contributed by atoms with Crippen LogP contribution in [0.25, 0.3) is 0 Å². The number of Topliss-reactive ketones (excluding diaryl/α,β-unsaturated/α-hetero) is 1. The number of pyridine rings is 1. The number of rotatable bonds is 9. The van der Waals surface area contributed by atoms with Crippen molar-refractivity contribution in [1.29, 1.82) is 0 Å².